The van der Waals surface area contributed by atoms with Crippen molar-refractivity contribution in [3.8, 4) is 0 Å². The van der Waals surface area contributed by atoms with Gasteiger partial charge in [0.15, 0.2) is 4.34 Å². The number of anilines is 1. The number of thioether (sulfide) groups is 1. The molecule has 2 amide bonds. The maximum atomic E-state index is 12.1. The third kappa shape index (κ3) is 5.66. The Bertz CT molecular complexity index is 780. The van der Waals surface area contributed by atoms with Gasteiger partial charge in [0.2, 0.25) is 11.0 Å². The predicted octanol–water partition coefficient (Wildman–Crippen LogP) is 2.83. The molecule has 0 bridgehead atoms. The second kappa shape index (κ2) is 9.31. The van der Waals surface area contributed by atoms with Crippen molar-refractivity contribution in [3.63, 3.8) is 0 Å². The minimum atomic E-state index is -0.311. The summed E-state index contributed by atoms with van der Waals surface area (Å²) >= 11 is 8.37. The van der Waals surface area contributed by atoms with Crippen LogP contribution in [0, 0.1) is 0 Å². The third-order valence-corrected chi connectivity index (χ3v) is 5.80. The van der Waals surface area contributed by atoms with Crippen molar-refractivity contribution in [2.24, 2.45) is 0 Å². The van der Waals surface area contributed by atoms with Gasteiger partial charge >= 0.3 is 0 Å². The Morgan fingerprint density at radius 3 is 3.04 bits per heavy atom. The molecular weight excluding hydrogens is 396 g/mol. The average Bonchev–Trinajstić information content (AvgIpc) is 3.30. The molecule has 1 aliphatic rings. The number of benzene rings is 1. The number of nitrogens with one attached hydrogen (secondary N) is 2. The number of hydrogen-bond donors (Lipinski definition) is 2. The normalized spacial score (nSPS) is 16.4. The molecule has 138 valence electrons. The fourth-order valence-corrected chi connectivity index (χ4v) is 4.10. The molecule has 1 aliphatic heterocycles. The molecule has 1 fully saturated rings. The number of amides is 2. The van der Waals surface area contributed by atoms with Crippen LogP contribution >= 0.6 is 34.7 Å². The van der Waals surface area contributed by atoms with Crippen LogP contribution in [0.3, 0.4) is 0 Å². The molecule has 0 saturated carbocycles. The van der Waals surface area contributed by atoms with E-state index < -0.39 is 0 Å². The Kier molecular flexibility index (Phi) is 6.84. The van der Waals surface area contributed by atoms with Crippen molar-refractivity contribution in [2.75, 3.05) is 24.2 Å². The van der Waals surface area contributed by atoms with E-state index in [1.54, 1.807) is 24.3 Å². The average molecular weight is 413 g/mol. The summed E-state index contributed by atoms with van der Waals surface area (Å²) in [6, 6.07) is 6.64. The van der Waals surface area contributed by atoms with Gasteiger partial charge in [-0.2, -0.15) is 0 Å². The molecule has 2 N–H and O–H groups in total. The lowest BCUT2D eigenvalue weighted by Gasteiger charge is -2.09. The molecule has 1 aromatic heterocycles. The maximum absolute atomic E-state index is 12.1. The van der Waals surface area contributed by atoms with Crippen LogP contribution in [0.4, 0.5) is 5.13 Å². The summed E-state index contributed by atoms with van der Waals surface area (Å²) < 4.78 is 6.07. The fourth-order valence-electron chi connectivity index (χ4n) is 2.33. The quantitative estimate of drug-likeness (QED) is 0.536. The van der Waals surface area contributed by atoms with E-state index in [4.69, 9.17) is 16.3 Å². The summed E-state index contributed by atoms with van der Waals surface area (Å²) in [7, 11) is 0. The van der Waals surface area contributed by atoms with Crippen LogP contribution in [0.2, 0.25) is 5.02 Å². The van der Waals surface area contributed by atoms with Crippen LogP contribution in [0.25, 0.3) is 0 Å². The zero-order chi connectivity index (χ0) is 18.4. The van der Waals surface area contributed by atoms with Gasteiger partial charge in [0.1, 0.15) is 0 Å². The van der Waals surface area contributed by atoms with E-state index in [1.165, 1.54) is 23.1 Å². The van der Waals surface area contributed by atoms with Crippen LogP contribution in [0.5, 0.6) is 0 Å². The molecule has 0 radical (unpaired) electrons. The Morgan fingerprint density at radius 1 is 1.38 bits per heavy atom. The van der Waals surface area contributed by atoms with Gasteiger partial charge in [-0.15, -0.1) is 10.2 Å². The lowest BCUT2D eigenvalue weighted by atomic mass is 10.2. The molecule has 0 aliphatic carbocycles. The molecule has 0 unspecified atom stereocenters. The summed E-state index contributed by atoms with van der Waals surface area (Å²) in [4.78, 5) is 24.0. The van der Waals surface area contributed by atoms with Gasteiger partial charge in [0.25, 0.3) is 5.91 Å². The Balaban J connectivity index is 1.44. The lowest BCUT2D eigenvalue weighted by molar-refractivity contribution is -0.119. The highest BCUT2D eigenvalue weighted by Crippen LogP contribution is 2.25. The van der Waals surface area contributed by atoms with Crippen LogP contribution in [0.1, 0.15) is 23.2 Å². The van der Waals surface area contributed by atoms with Crippen molar-refractivity contribution >= 4 is 51.6 Å². The fraction of sp³-hybridized carbons (Fsp3) is 0.375. The highest BCUT2D eigenvalue weighted by atomic mass is 35.5. The minimum Gasteiger partial charge on any atom is -0.376 e. The van der Waals surface area contributed by atoms with Crippen molar-refractivity contribution in [3.05, 3.63) is 34.9 Å². The second-order valence-corrected chi connectivity index (χ2v) is 8.20. The van der Waals surface area contributed by atoms with E-state index in [0.29, 0.717) is 26.6 Å². The lowest BCUT2D eigenvalue weighted by Crippen LogP contribution is -2.32. The first-order valence-corrected chi connectivity index (χ1v) is 10.2. The Morgan fingerprint density at radius 2 is 2.27 bits per heavy atom. The standard InChI is InChI=1S/C16H17ClN4O3S2/c17-11-4-1-3-10(7-11)14(23)19-15-20-21-16(26-15)25-9-13(22)18-8-12-5-2-6-24-12/h1,3-4,7,12H,2,5-6,8-9H2,(H,18,22)(H,19,20,23)/t12-/m0/s1. The summed E-state index contributed by atoms with van der Waals surface area (Å²) in [6.07, 6.45) is 2.15. The number of aromatic nitrogens is 2. The first-order chi connectivity index (χ1) is 12.6. The SMILES string of the molecule is O=C(CSc1nnc(NC(=O)c2cccc(Cl)c2)s1)NC[C@@H]1CCCO1. The van der Waals surface area contributed by atoms with E-state index in [-0.39, 0.29) is 23.7 Å². The minimum absolute atomic E-state index is 0.0785. The molecular formula is C16H17ClN4O3S2. The van der Waals surface area contributed by atoms with Crippen molar-refractivity contribution in [2.45, 2.75) is 23.3 Å². The number of nitrogens with zero attached hydrogens (tertiary/aromatic N) is 2. The Labute approximate surface area is 163 Å². The molecule has 0 spiro atoms. The molecule has 3 rings (SSSR count). The van der Waals surface area contributed by atoms with Gasteiger partial charge in [0.05, 0.1) is 11.9 Å². The molecule has 2 aromatic rings. The summed E-state index contributed by atoms with van der Waals surface area (Å²) in [6.45, 7) is 1.31. The van der Waals surface area contributed by atoms with Gasteiger partial charge in [-0.1, -0.05) is 40.8 Å². The van der Waals surface area contributed by atoms with Crippen molar-refractivity contribution in [1.82, 2.24) is 15.5 Å². The predicted molar refractivity (Wildman–Crippen MR) is 102 cm³/mol. The van der Waals surface area contributed by atoms with Crippen LogP contribution in [0.15, 0.2) is 28.6 Å². The van der Waals surface area contributed by atoms with Gasteiger partial charge in [-0.05, 0) is 31.0 Å². The number of carbonyl (C=O) groups excluding carboxylic acids is 2. The number of hydrogen-bond acceptors (Lipinski definition) is 7. The van der Waals surface area contributed by atoms with Gasteiger partial charge in [-0.25, -0.2) is 0 Å². The molecule has 1 saturated heterocycles. The largest absolute Gasteiger partial charge is 0.376 e. The van der Waals surface area contributed by atoms with E-state index >= 15 is 0 Å². The number of carbonyl (C=O) groups is 2. The van der Waals surface area contributed by atoms with Crippen molar-refractivity contribution in [1.29, 1.82) is 0 Å². The first-order valence-electron chi connectivity index (χ1n) is 8.01. The second-order valence-electron chi connectivity index (χ2n) is 5.57. The summed E-state index contributed by atoms with van der Waals surface area (Å²) in [5.41, 5.74) is 0.440. The monoisotopic (exact) mass is 412 g/mol. The number of ether oxygens (including phenoxy) is 1. The molecule has 1 atom stereocenters. The van der Waals surface area contributed by atoms with Gasteiger partial charge in [-0.3, -0.25) is 14.9 Å². The first kappa shape index (κ1) is 19.1. The Hall–Kier alpha value is -1.68. The molecule has 10 heteroatoms. The van der Waals surface area contributed by atoms with Crippen LogP contribution in [-0.2, 0) is 9.53 Å². The van der Waals surface area contributed by atoms with E-state index in [2.05, 4.69) is 20.8 Å². The molecule has 7 nitrogen and oxygen atoms in total. The van der Waals surface area contributed by atoms with Crippen LogP contribution in [-0.4, -0.2) is 47.0 Å². The van der Waals surface area contributed by atoms with Crippen LogP contribution < -0.4 is 10.6 Å². The molecule has 1 aromatic carbocycles. The molecule has 2 heterocycles. The zero-order valence-corrected chi connectivity index (χ0v) is 16.1. The smallest absolute Gasteiger partial charge is 0.257 e. The molecule has 26 heavy (non-hydrogen) atoms. The van der Waals surface area contributed by atoms with E-state index in [0.717, 1.165) is 19.4 Å². The summed E-state index contributed by atoms with van der Waals surface area (Å²) in [5.74, 6) is -0.149. The third-order valence-electron chi connectivity index (χ3n) is 3.59. The highest BCUT2D eigenvalue weighted by molar-refractivity contribution is 8.01. The van der Waals surface area contributed by atoms with Gasteiger partial charge < -0.3 is 10.1 Å². The maximum Gasteiger partial charge on any atom is 0.257 e. The van der Waals surface area contributed by atoms with Gasteiger partial charge in [0, 0.05) is 23.7 Å². The summed E-state index contributed by atoms with van der Waals surface area (Å²) in [5, 5.41) is 14.3. The highest BCUT2D eigenvalue weighted by Gasteiger charge is 2.17. The van der Waals surface area contributed by atoms with Crippen molar-refractivity contribution < 1.29 is 14.3 Å². The number of rotatable bonds is 7. The van der Waals surface area contributed by atoms with E-state index in [9.17, 15) is 9.59 Å². The zero-order valence-electron chi connectivity index (χ0n) is 13.7. The van der Waals surface area contributed by atoms with E-state index in [1.807, 2.05) is 0 Å². The number of halogens is 1. The topological polar surface area (TPSA) is 93.2 Å².